The van der Waals surface area contributed by atoms with Crippen molar-refractivity contribution in [2.24, 2.45) is 0 Å². The number of imide groups is 1. The van der Waals surface area contributed by atoms with Gasteiger partial charge >= 0.3 is 0 Å². The standard InChI is InChI=1S/C16H14ClFN4O2/c1-10(23)22-8-11(5-16(22)24)20-12-6-19-21(7-12)9-13-14(17)3-2-4-15(13)18/h2-7,20H,8-9H2,1H3. The van der Waals surface area contributed by atoms with Gasteiger partial charge in [-0.15, -0.1) is 0 Å². The third-order valence-electron chi connectivity index (χ3n) is 3.59. The van der Waals surface area contributed by atoms with E-state index in [0.29, 0.717) is 22.0 Å². The summed E-state index contributed by atoms with van der Waals surface area (Å²) in [4.78, 5) is 24.1. The second kappa shape index (κ2) is 6.45. The highest BCUT2D eigenvalue weighted by Gasteiger charge is 2.24. The molecule has 0 fully saturated rings. The van der Waals surface area contributed by atoms with Crippen molar-refractivity contribution in [2.75, 3.05) is 11.9 Å². The first-order valence-corrected chi connectivity index (χ1v) is 7.57. The SMILES string of the molecule is CC(=O)N1CC(Nc2cnn(Cc3c(F)cccc3Cl)c2)=CC1=O. The lowest BCUT2D eigenvalue weighted by atomic mass is 10.2. The fraction of sp³-hybridized carbons (Fsp3) is 0.188. The van der Waals surface area contributed by atoms with Gasteiger partial charge in [0.15, 0.2) is 0 Å². The number of aromatic nitrogens is 2. The molecule has 0 atom stereocenters. The predicted molar refractivity (Wildman–Crippen MR) is 86.8 cm³/mol. The van der Waals surface area contributed by atoms with Crippen molar-refractivity contribution in [3.63, 3.8) is 0 Å². The van der Waals surface area contributed by atoms with Gasteiger partial charge in [0.2, 0.25) is 5.91 Å². The number of benzene rings is 1. The van der Waals surface area contributed by atoms with Crippen molar-refractivity contribution < 1.29 is 14.0 Å². The summed E-state index contributed by atoms with van der Waals surface area (Å²) in [7, 11) is 0. The molecular weight excluding hydrogens is 335 g/mol. The molecule has 0 saturated heterocycles. The predicted octanol–water partition coefficient (Wildman–Crippen LogP) is 2.41. The van der Waals surface area contributed by atoms with Gasteiger partial charge in [0.05, 0.1) is 25.0 Å². The highest BCUT2D eigenvalue weighted by atomic mass is 35.5. The Kier molecular flexibility index (Phi) is 4.35. The van der Waals surface area contributed by atoms with E-state index in [0.717, 1.165) is 4.90 Å². The summed E-state index contributed by atoms with van der Waals surface area (Å²) in [5, 5.41) is 7.51. The van der Waals surface area contributed by atoms with Gasteiger partial charge in [0.1, 0.15) is 5.82 Å². The number of halogens is 2. The maximum absolute atomic E-state index is 13.8. The number of nitrogens with one attached hydrogen (secondary N) is 1. The van der Waals surface area contributed by atoms with Gasteiger partial charge < -0.3 is 5.32 Å². The molecule has 2 heterocycles. The molecule has 0 bridgehead atoms. The van der Waals surface area contributed by atoms with Crippen LogP contribution < -0.4 is 5.32 Å². The van der Waals surface area contributed by atoms with Crippen LogP contribution in [-0.2, 0) is 16.1 Å². The Labute approximate surface area is 142 Å². The van der Waals surface area contributed by atoms with E-state index in [4.69, 9.17) is 11.6 Å². The minimum Gasteiger partial charge on any atom is -0.355 e. The average molecular weight is 349 g/mol. The van der Waals surface area contributed by atoms with E-state index < -0.39 is 5.82 Å². The Morgan fingerprint density at radius 1 is 1.46 bits per heavy atom. The quantitative estimate of drug-likeness (QED) is 0.921. The molecule has 1 aliphatic heterocycles. The van der Waals surface area contributed by atoms with Crippen LogP contribution in [0.5, 0.6) is 0 Å². The molecule has 1 N–H and O–H groups in total. The molecule has 24 heavy (non-hydrogen) atoms. The van der Waals surface area contributed by atoms with Crippen LogP contribution in [-0.4, -0.2) is 33.0 Å². The van der Waals surface area contributed by atoms with Crippen molar-refractivity contribution in [3.8, 4) is 0 Å². The molecule has 3 rings (SSSR count). The first-order valence-electron chi connectivity index (χ1n) is 7.19. The normalized spacial score (nSPS) is 14.0. The van der Waals surface area contributed by atoms with Crippen LogP contribution in [0.4, 0.5) is 10.1 Å². The van der Waals surface area contributed by atoms with E-state index in [1.54, 1.807) is 24.5 Å². The summed E-state index contributed by atoms with van der Waals surface area (Å²) in [6.07, 6.45) is 4.59. The first-order chi connectivity index (χ1) is 11.4. The highest BCUT2D eigenvalue weighted by Crippen LogP contribution is 2.21. The lowest BCUT2D eigenvalue weighted by Gasteiger charge is -2.11. The van der Waals surface area contributed by atoms with E-state index in [2.05, 4.69) is 10.4 Å². The van der Waals surface area contributed by atoms with Crippen LogP contribution in [0.2, 0.25) is 5.02 Å². The van der Waals surface area contributed by atoms with E-state index in [1.807, 2.05) is 0 Å². The van der Waals surface area contributed by atoms with Crippen molar-refractivity contribution in [1.29, 1.82) is 0 Å². The summed E-state index contributed by atoms with van der Waals surface area (Å²) in [5.74, 6) is -1.05. The maximum atomic E-state index is 13.8. The lowest BCUT2D eigenvalue weighted by molar-refractivity contribution is -0.138. The number of hydrogen-bond donors (Lipinski definition) is 1. The fourth-order valence-corrected chi connectivity index (χ4v) is 2.63. The molecule has 0 spiro atoms. The van der Waals surface area contributed by atoms with Gasteiger partial charge in [-0.2, -0.15) is 5.10 Å². The molecule has 1 aromatic carbocycles. The molecule has 1 aromatic heterocycles. The zero-order valence-corrected chi connectivity index (χ0v) is 13.5. The van der Waals surface area contributed by atoms with Crippen LogP contribution >= 0.6 is 11.6 Å². The van der Waals surface area contributed by atoms with Gasteiger partial charge in [-0.3, -0.25) is 19.2 Å². The smallest absolute Gasteiger partial charge is 0.255 e. The fourth-order valence-electron chi connectivity index (χ4n) is 2.41. The Morgan fingerprint density at radius 2 is 2.25 bits per heavy atom. The van der Waals surface area contributed by atoms with E-state index >= 15 is 0 Å². The topological polar surface area (TPSA) is 67.2 Å². The Morgan fingerprint density at radius 3 is 2.92 bits per heavy atom. The van der Waals surface area contributed by atoms with Crippen LogP contribution in [0.25, 0.3) is 0 Å². The van der Waals surface area contributed by atoms with E-state index in [-0.39, 0.29) is 24.9 Å². The van der Waals surface area contributed by atoms with Crippen LogP contribution in [0.15, 0.2) is 42.4 Å². The van der Waals surface area contributed by atoms with Gasteiger partial charge in [0.25, 0.3) is 5.91 Å². The summed E-state index contributed by atoms with van der Waals surface area (Å²) in [6, 6.07) is 4.50. The van der Waals surface area contributed by atoms with Crippen molar-refractivity contribution >= 4 is 29.1 Å². The van der Waals surface area contributed by atoms with Gasteiger partial charge in [-0.1, -0.05) is 17.7 Å². The van der Waals surface area contributed by atoms with Crippen molar-refractivity contribution in [2.45, 2.75) is 13.5 Å². The molecule has 6 nitrogen and oxygen atoms in total. The first kappa shape index (κ1) is 16.2. The molecule has 2 aromatic rings. The second-order valence-corrected chi connectivity index (χ2v) is 5.77. The molecule has 1 aliphatic rings. The molecule has 124 valence electrons. The van der Waals surface area contributed by atoms with Gasteiger partial charge in [-0.25, -0.2) is 4.39 Å². The van der Waals surface area contributed by atoms with Crippen molar-refractivity contribution in [3.05, 3.63) is 58.8 Å². The van der Waals surface area contributed by atoms with E-state index in [9.17, 15) is 14.0 Å². The third kappa shape index (κ3) is 3.30. The lowest BCUT2D eigenvalue weighted by Crippen LogP contribution is -2.31. The molecule has 8 heteroatoms. The van der Waals surface area contributed by atoms with E-state index in [1.165, 1.54) is 23.7 Å². The summed E-state index contributed by atoms with van der Waals surface area (Å²) < 4.78 is 15.3. The Hall–Kier alpha value is -2.67. The molecule has 0 saturated carbocycles. The zero-order valence-electron chi connectivity index (χ0n) is 12.8. The second-order valence-electron chi connectivity index (χ2n) is 5.36. The summed E-state index contributed by atoms with van der Waals surface area (Å²) in [5.41, 5.74) is 1.58. The van der Waals surface area contributed by atoms with Crippen molar-refractivity contribution in [1.82, 2.24) is 14.7 Å². The monoisotopic (exact) mass is 348 g/mol. The molecule has 0 radical (unpaired) electrons. The molecular formula is C16H14ClFN4O2. The minimum absolute atomic E-state index is 0.185. The molecule has 2 amide bonds. The number of carbonyl (C=O) groups excluding carboxylic acids is 2. The maximum Gasteiger partial charge on any atom is 0.255 e. The molecule has 0 aliphatic carbocycles. The number of nitrogens with zero attached hydrogens (tertiary/aromatic N) is 3. The number of hydrogen-bond acceptors (Lipinski definition) is 4. The molecule has 0 unspecified atom stereocenters. The number of carbonyl (C=O) groups is 2. The zero-order chi connectivity index (χ0) is 17.3. The number of rotatable bonds is 4. The Bertz CT molecular complexity index is 826. The summed E-state index contributed by atoms with van der Waals surface area (Å²) in [6.45, 7) is 1.72. The highest BCUT2D eigenvalue weighted by molar-refractivity contribution is 6.31. The summed E-state index contributed by atoms with van der Waals surface area (Å²) >= 11 is 6.00. The van der Waals surface area contributed by atoms with Crippen LogP contribution in [0, 0.1) is 5.82 Å². The van der Waals surface area contributed by atoms with Crippen LogP contribution in [0.1, 0.15) is 12.5 Å². The third-order valence-corrected chi connectivity index (χ3v) is 3.95. The number of amides is 2. The average Bonchev–Trinajstić information content (AvgIpc) is 3.10. The number of anilines is 1. The van der Waals surface area contributed by atoms with Gasteiger partial charge in [0, 0.05) is 35.5 Å². The van der Waals surface area contributed by atoms with Crippen LogP contribution in [0.3, 0.4) is 0 Å². The largest absolute Gasteiger partial charge is 0.355 e. The van der Waals surface area contributed by atoms with Gasteiger partial charge in [-0.05, 0) is 12.1 Å². The Balaban J connectivity index is 1.70. The minimum atomic E-state index is -0.395.